The molecule has 2 N–H and O–H groups in total. The number of benzene rings is 1. The Morgan fingerprint density at radius 1 is 1.00 bits per heavy atom. The molecule has 1 amide bonds. The number of hydrogen-bond acceptors (Lipinski definition) is 2. The summed E-state index contributed by atoms with van der Waals surface area (Å²) in [5.41, 5.74) is 4.19. The van der Waals surface area contributed by atoms with E-state index in [4.69, 9.17) is 0 Å². The van der Waals surface area contributed by atoms with Gasteiger partial charge in [-0.1, -0.05) is 0 Å². The number of aromatic amines is 1. The Morgan fingerprint density at radius 3 is 2.67 bits per heavy atom. The lowest BCUT2D eigenvalue weighted by molar-refractivity contribution is 0.0946. The third kappa shape index (κ3) is 2.46. The molecule has 0 radical (unpaired) electrons. The number of carbonyl (C=O) groups excluding carboxylic acids is 1. The third-order valence-corrected chi connectivity index (χ3v) is 4.09. The Balaban J connectivity index is 1.75. The van der Waals surface area contributed by atoms with Crippen LogP contribution in [0.15, 0.2) is 42.6 Å². The van der Waals surface area contributed by atoms with Crippen LogP contribution < -0.4 is 5.32 Å². The molecule has 0 fully saturated rings. The molecule has 2 aromatic heterocycles. The van der Waals surface area contributed by atoms with Gasteiger partial charge in [0.15, 0.2) is 11.6 Å². The molecule has 0 saturated carbocycles. The van der Waals surface area contributed by atoms with Gasteiger partial charge in [0.1, 0.15) is 0 Å². The lowest BCUT2D eigenvalue weighted by Crippen LogP contribution is -2.31. The molecular weight excluding hydrogens is 312 g/mol. The number of halogens is 2. The SMILES string of the molecule is O=C1NCCc2[nH]c(-c3ccnc(-c4ccc(F)c(F)c4)c3)cc21. The number of nitrogens with zero attached hydrogens (tertiary/aromatic N) is 1. The van der Waals surface area contributed by atoms with Crippen molar-refractivity contribution in [3.8, 4) is 22.5 Å². The van der Waals surface area contributed by atoms with Gasteiger partial charge < -0.3 is 10.3 Å². The van der Waals surface area contributed by atoms with Crippen LogP contribution in [-0.4, -0.2) is 22.4 Å². The molecular formula is C18H13F2N3O. The first-order valence-electron chi connectivity index (χ1n) is 7.54. The maximum Gasteiger partial charge on any atom is 0.253 e. The second-order valence-corrected chi connectivity index (χ2v) is 5.64. The number of H-pyrrole nitrogens is 1. The Morgan fingerprint density at radius 2 is 1.88 bits per heavy atom. The van der Waals surface area contributed by atoms with E-state index in [1.54, 1.807) is 24.4 Å². The zero-order chi connectivity index (χ0) is 16.7. The van der Waals surface area contributed by atoms with Crippen molar-refractivity contribution in [2.45, 2.75) is 6.42 Å². The number of amides is 1. The minimum absolute atomic E-state index is 0.0892. The van der Waals surface area contributed by atoms with Crippen LogP contribution in [0.5, 0.6) is 0 Å². The standard InChI is InChI=1S/C18H13F2N3O/c19-13-2-1-10(7-14(13)20)16-8-11(3-5-21-16)17-9-12-15(23-17)4-6-22-18(12)24/h1-3,5,7-9,23H,4,6H2,(H,22,24). The zero-order valence-corrected chi connectivity index (χ0v) is 12.6. The van der Waals surface area contributed by atoms with Crippen molar-refractivity contribution in [2.24, 2.45) is 0 Å². The highest BCUT2D eigenvalue weighted by Gasteiger charge is 2.20. The van der Waals surface area contributed by atoms with Crippen LogP contribution in [0.25, 0.3) is 22.5 Å². The maximum atomic E-state index is 13.4. The van der Waals surface area contributed by atoms with E-state index in [0.29, 0.717) is 23.4 Å². The van der Waals surface area contributed by atoms with E-state index in [-0.39, 0.29) is 5.91 Å². The van der Waals surface area contributed by atoms with E-state index in [2.05, 4.69) is 15.3 Å². The summed E-state index contributed by atoms with van der Waals surface area (Å²) >= 11 is 0. The molecule has 0 unspecified atom stereocenters. The van der Waals surface area contributed by atoms with Crippen molar-refractivity contribution < 1.29 is 13.6 Å². The molecule has 1 aliphatic heterocycles. The van der Waals surface area contributed by atoms with Crippen molar-refractivity contribution in [1.29, 1.82) is 0 Å². The van der Waals surface area contributed by atoms with E-state index in [9.17, 15) is 13.6 Å². The van der Waals surface area contributed by atoms with E-state index >= 15 is 0 Å². The number of carbonyl (C=O) groups is 1. The first-order chi connectivity index (χ1) is 11.6. The number of pyridine rings is 1. The van der Waals surface area contributed by atoms with Gasteiger partial charge in [0.25, 0.3) is 5.91 Å². The molecule has 0 saturated heterocycles. The average molecular weight is 325 g/mol. The molecule has 0 spiro atoms. The Labute approximate surface area is 136 Å². The lowest BCUT2D eigenvalue weighted by atomic mass is 10.1. The molecule has 3 heterocycles. The summed E-state index contributed by atoms with van der Waals surface area (Å²) < 4.78 is 26.5. The first-order valence-corrected chi connectivity index (χ1v) is 7.54. The normalized spacial score (nSPS) is 13.5. The van der Waals surface area contributed by atoms with Crippen molar-refractivity contribution in [3.63, 3.8) is 0 Å². The summed E-state index contributed by atoms with van der Waals surface area (Å²) in [4.78, 5) is 19.3. The van der Waals surface area contributed by atoms with Gasteiger partial charge in [0.05, 0.1) is 11.3 Å². The van der Waals surface area contributed by atoms with Crippen LogP contribution in [0.3, 0.4) is 0 Å². The number of nitrogens with one attached hydrogen (secondary N) is 2. The predicted molar refractivity (Wildman–Crippen MR) is 85.4 cm³/mol. The fourth-order valence-electron chi connectivity index (χ4n) is 2.86. The molecule has 0 atom stereocenters. The highest BCUT2D eigenvalue weighted by molar-refractivity contribution is 5.97. The van der Waals surface area contributed by atoms with Gasteiger partial charge >= 0.3 is 0 Å². The van der Waals surface area contributed by atoms with E-state index in [0.717, 1.165) is 35.5 Å². The van der Waals surface area contributed by atoms with Crippen molar-refractivity contribution in [2.75, 3.05) is 6.54 Å². The zero-order valence-electron chi connectivity index (χ0n) is 12.6. The third-order valence-electron chi connectivity index (χ3n) is 4.09. The highest BCUT2D eigenvalue weighted by Crippen LogP contribution is 2.27. The predicted octanol–water partition coefficient (Wildman–Crippen LogP) is 3.31. The molecule has 24 heavy (non-hydrogen) atoms. The van der Waals surface area contributed by atoms with Crippen LogP contribution >= 0.6 is 0 Å². The number of hydrogen-bond donors (Lipinski definition) is 2. The van der Waals surface area contributed by atoms with Crippen molar-refractivity contribution in [3.05, 3.63) is 65.5 Å². The molecule has 6 heteroatoms. The van der Waals surface area contributed by atoms with Crippen LogP contribution in [0.2, 0.25) is 0 Å². The first kappa shape index (κ1) is 14.6. The lowest BCUT2D eigenvalue weighted by Gasteiger charge is -2.10. The molecule has 0 aliphatic carbocycles. The topological polar surface area (TPSA) is 57.8 Å². The van der Waals surface area contributed by atoms with Gasteiger partial charge in [-0.05, 0) is 36.4 Å². The molecule has 0 bridgehead atoms. The molecule has 4 rings (SSSR count). The van der Waals surface area contributed by atoms with Gasteiger partial charge in [-0.3, -0.25) is 9.78 Å². The number of aromatic nitrogens is 2. The smallest absolute Gasteiger partial charge is 0.253 e. The van der Waals surface area contributed by atoms with Gasteiger partial charge in [0, 0.05) is 41.7 Å². The second kappa shape index (κ2) is 5.56. The summed E-state index contributed by atoms with van der Waals surface area (Å²) in [6.07, 6.45) is 2.36. The van der Waals surface area contributed by atoms with Crippen LogP contribution in [-0.2, 0) is 6.42 Å². The second-order valence-electron chi connectivity index (χ2n) is 5.64. The maximum absolute atomic E-state index is 13.4. The van der Waals surface area contributed by atoms with Crippen LogP contribution in [0.1, 0.15) is 16.1 Å². The van der Waals surface area contributed by atoms with Gasteiger partial charge in [0.2, 0.25) is 0 Å². The fraction of sp³-hybridized carbons (Fsp3) is 0.111. The highest BCUT2D eigenvalue weighted by atomic mass is 19.2. The van der Waals surface area contributed by atoms with Crippen LogP contribution in [0.4, 0.5) is 8.78 Å². The van der Waals surface area contributed by atoms with E-state index in [1.165, 1.54) is 6.07 Å². The Bertz CT molecular complexity index is 949. The Kier molecular flexibility index (Phi) is 3.37. The van der Waals surface area contributed by atoms with E-state index in [1.807, 2.05) is 0 Å². The van der Waals surface area contributed by atoms with Gasteiger partial charge in [-0.25, -0.2) is 8.78 Å². The van der Waals surface area contributed by atoms with Gasteiger partial charge in [-0.15, -0.1) is 0 Å². The minimum atomic E-state index is -0.910. The number of fused-ring (bicyclic) bond motifs is 1. The summed E-state index contributed by atoms with van der Waals surface area (Å²) in [6, 6.07) is 9.07. The summed E-state index contributed by atoms with van der Waals surface area (Å²) in [5, 5.41) is 2.80. The summed E-state index contributed by atoms with van der Waals surface area (Å²) in [6.45, 7) is 0.613. The van der Waals surface area contributed by atoms with Crippen molar-refractivity contribution in [1.82, 2.24) is 15.3 Å². The summed E-state index contributed by atoms with van der Waals surface area (Å²) in [5.74, 6) is -1.89. The average Bonchev–Trinajstić information content (AvgIpc) is 3.03. The number of rotatable bonds is 2. The van der Waals surface area contributed by atoms with Crippen LogP contribution in [0, 0.1) is 11.6 Å². The molecule has 120 valence electrons. The quantitative estimate of drug-likeness (QED) is 0.759. The molecule has 1 aromatic carbocycles. The largest absolute Gasteiger partial charge is 0.358 e. The summed E-state index contributed by atoms with van der Waals surface area (Å²) in [7, 11) is 0. The van der Waals surface area contributed by atoms with Gasteiger partial charge in [-0.2, -0.15) is 0 Å². The Hall–Kier alpha value is -3.02. The monoisotopic (exact) mass is 325 g/mol. The fourth-order valence-corrected chi connectivity index (χ4v) is 2.86. The molecule has 1 aliphatic rings. The minimum Gasteiger partial charge on any atom is -0.358 e. The molecule has 4 nitrogen and oxygen atoms in total. The van der Waals surface area contributed by atoms with Crippen molar-refractivity contribution >= 4 is 5.91 Å². The molecule has 3 aromatic rings. The van der Waals surface area contributed by atoms with E-state index < -0.39 is 11.6 Å².